The minimum absolute atomic E-state index is 0.0390. The van der Waals surface area contributed by atoms with Crippen LogP contribution in [0, 0.1) is 0 Å². The van der Waals surface area contributed by atoms with E-state index in [2.05, 4.69) is 10.6 Å². The van der Waals surface area contributed by atoms with Gasteiger partial charge in [-0.05, 0) is 30.3 Å². The van der Waals surface area contributed by atoms with Crippen LogP contribution in [0.1, 0.15) is 10.4 Å². The van der Waals surface area contributed by atoms with E-state index in [1.165, 1.54) is 12.0 Å². The van der Waals surface area contributed by atoms with Gasteiger partial charge in [0.25, 0.3) is 11.8 Å². The average Bonchev–Trinajstić information content (AvgIpc) is 3.04. The zero-order valence-corrected chi connectivity index (χ0v) is 16.9. The van der Waals surface area contributed by atoms with Crippen LogP contribution < -0.4 is 10.6 Å². The number of aliphatic hydroxyl groups excluding tert-OH is 1. The molecule has 0 fully saturated rings. The Kier molecular flexibility index (Phi) is 6.71. The number of carbonyl (C=O) groups is 3. The van der Waals surface area contributed by atoms with Crippen LogP contribution in [0.5, 0.6) is 0 Å². The van der Waals surface area contributed by atoms with E-state index in [1.807, 2.05) is 0 Å². The molecule has 1 aliphatic rings. The minimum Gasteiger partial charge on any atom is -0.466 e. The van der Waals surface area contributed by atoms with Gasteiger partial charge in [0, 0.05) is 17.9 Å². The first-order valence-corrected chi connectivity index (χ1v) is 9.47. The highest BCUT2D eigenvalue weighted by atomic mass is 35.5. The first-order chi connectivity index (χ1) is 14.4. The lowest BCUT2D eigenvalue weighted by Crippen LogP contribution is -2.31. The molecule has 0 unspecified atom stereocenters. The fourth-order valence-electron chi connectivity index (χ4n) is 3.01. The number of anilines is 2. The minimum atomic E-state index is -0.630. The summed E-state index contributed by atoms with van der Waals surface area (Å²) in [5.41, 5.74) is 1.54. The van der Waals surface area contributed by atoms with Crippen molar-refractivity contribution in [1.29, 1.82) is 0 Å². The number of rotatable bonds is 7. The van der Waals surface area contributed by atoms with Crippen molar-refractivity contribution in [1.82, 2.24) is 4.90 Å². The number of carbonyl (C=O) groups excluding carboxylic acids is 3. The maximum atomic E-state index is 12.6. The van der Waals surface area contributed by atoms with Crippen LogP contribution >= 0.6 is 11.6 Å². The number of amides is 2. The number of methoxy groups -OCH3 is 1. The molecule has 8 nitrogen and oxygen atoms in total. The zero-order valence-electron chi connectivity index (χ0n) is 16.1. The number of nitrogens with one attached hydrogen (secondary N) is 2. The van der Waals surface area contributed by atoms with E-state index in [4.69, 9.17) is 21.4 Å². The first kappa shape index (κ1) is 21.4. The standard InChI is InChI=1S/C21H20ClN3O5/c1-30-21(29)16-12-25(9-10-26)20(28)18(16)23-13-5-4-6-14(11-13)24-19(27)15-7-2-3-8-17(15)22/h2-8,11,23,26H,9-10,12H2,1H3,(H,24,27). The van der Waals surface area contributed by atoms with Crippen molar-refractivity contribution in [3.8, 4) is 0 Å². The van der Waals surface area contributed by atoms with Crippen molar-refractivity contribution in [3.05, 3.63) is 70.4 Å². The van der Waals surface area contributed by atoms with Crippen molar-refractivity contribution in [3.63, 3.8) is 0 Å². The molecule has 9 heteroatoms. The predicted molar refractivity (Wildman–Crippen MR) is 112 cm³/mol. The molecule has 3 N–H and O–H groups in total. The molecule has 3 rings (SSSR count). The van der Waals surface area contributed by atoms with Crippen molar-refractivity contribution in [2.75, 3.05) is 37.4 Å². The van der Waals surface area contributed by atoms with Gasteiger partial charge in [0.05, 0.1) is 36.4 Å². The Hall–Kier alpha value is -3.36. The van der Waals surface area contributed by atoms with Gasteiger partial charge in [-0.25, -0.2) is 4.79 Å². The van der Waals surface area contributed by atoms with Gasteiger partial charge in [-0.3, -0.25) is 9.59 Å². The number of β-amino-alcohol motifs (C(OH)–C–C–N with tert-alkyl or cyclic N) is 1. The number of aliphatic hydroxyl groups is 1. The van der Waals surface area contributed by atoms with Gasteiger partial charge in [0.2, 0.25) is 0 Å². The predicted octanol–water partition coefficient (Wildman–Crippen LogP) is 2.27. The molecule has 0 spiro atoms. The van der Waals surface area contributed by atoms with E-state index in [-0.39, 0.29) is 36.9 Å². The van der Waals surface area contributed by atoms with E-state index in [1.54, 1.807) is 48.5 Å². The van der Waals surface area contributed by atoms with E-state index >= 15 is 0 Å². The quantitative estimate of drug-likeness (QED) is 0.583. The number of hydrogen-bond donors (Lipinski definition) is 3. The third kappa shape index (κ3) is 4.61. The third-order valence-corrected chi connectivity index (χ3v) is 4.79. The molecule has 0 bridgehead atoms. The lowest BCUT2D eigenvalue weighted by Gasteiger charge is -2.15. The smallest absolute Gasteiger partial charge is 0.337 e. The Labute approximate surface area is 178 Å². The van der Waals surface area contributed by atoms with Gasteiger partial charge in [0.1, 0.15) is 5.70 Å². The number of halogens is 1. The summed E-state index contributed by atoms with van der Waals surface area (Å²) in [5, 5.41) is 15.2. The lowest BCUT2D eigenvalue weighted by molar-refractivity contribution is -0.136. The van der Waals surface area contributed by atoms with Crippen molar-refractivity contribution in [2.45, 2.75) is 0 Å². The number of nitrogens with zero attached hydrogens (tertiary/aromatic N) is 1. The summed E-state index contributed by atoms with van der Waals surface area (Å²) in [6.45, 7) is -0.0905. The molecule has 0 saturated heterocycles. The van der Waals surface area contributed by atoms with Crippen molar-refractivity contribution in [2.24, 2.45) is 0 Å². The maximum Gasteiger partial charge on any atom is 0.337 e. The molecule has 0 saturated carbocycles. The Morgan fingerprint density at radius 3 is 2.60 bits per heavy atom. The van der Waals surface area contributed by atoms with Crippen molar-refractivity contribution < 1.29 is 24.2 Å². The number of hydrogen-bond acceptors (Lipinski definition) is 6. The molecule has 0 atom stereocenters. The fraction of sp³-hybridized carbons (Fsp3) is 0.190. The molecule has 0 aliphatic carbocycles. The van der Waals surface area contributed by atoms with Crippen LogP contribution in [0.2, 0.25) is 5.02 Å². The number of ether oxygens (including phenoxy) is 1. The zero-order chi connectivity index (χ0) is 21.7. The van der Waals surface area contributed by atoms with Gasteiger partial charge in [-0.2, -0.15) is 0 Å². The molecule has 1 heterocycles. The molecule has 2 amide bonds. The Morgan fingerprint density at radius 1 is 1.17 bits per heavy atom. The van der Waals surface area contributed by atoms with Gasteiger partial charge < -0.3 is 25.4 Å². The Balaban J connectivity index is 1.81. The van der Waals surface area contributed by atoms with Crippen LogP contribution in [-0.2, 0) is 14.3 Å². The molecule has 2 aromatic rings. The van der Waals surface area contributed by atoms with Crippen molar-refractivity contribution >= 4 is 40.8 Å². The molecule has 0 aromatic heterocycles. The van der Waals surface area contributed by atoms with Crippen LogP contribution in [0.15, 0.2) is 59.8 Å². The highest BCUT2D eigenvalue weighted by Gasteiger charge is 2.34. The molecule has 2 aromatic carbocycles. The summed E-state index contributed by atoms with van der Waals surface area (Å²) in [4.78, 5) is 38.5. The molecule has 156 valence electrons. The Morgan fingerprint density at radius 2 is 1.90 bits per heavy atom. The molecule has 0 radical (unpaired) electrons. The van der Waals surface area contributed by atoms with E-state index < -0.39 is 11.9 Å². The lowest BCUT2D eigenvalue weighted by atomic mass is 10.2. The first-order valence-electron chi connectivity index (χ1n) is 9.09. The summed E-state index contributed by atoms with van der Waals surface area (Å²) < 4.78 is 4.77. The topological polar surface area (TPSA) is 108 Å². The third-order valence-electron chi connectivity index (χ3n) is 4.46. The number of benzene rings is 2. The summed E-state index contributed by atoms with van der Waals surface area (Å²) >= 11 is 6.06. The van der Waals surface area contributed by atoms with E-state index in [9.17, 15) is 14.4 Å². The maximum absolute atomic E-state index is 12.6. The van der Waals surface area contributed by atoms with Crippen LogP contribution in [0.4, 0.5) is 11.4 Å². The SMILES string of the molecule is COC(=O)C1=C(Nc2cccc(NC(=O)c3ccccc3Cl)c2)C(=O)N(CCO)C1. The molecular formula is C21H20ClN3O5. The van der Waals surface area contributed by atoms with E-state index in [0.29, 0.717) is 22.0 Å². The molecule has 1 aliphatic heterocycles. The highest BCUT2D eigenvalue weighted by Crippen LogP contribution is 2.25. The fourth-order valence-corrected chi connectivity index (χ4v) is 3.23. The van der Waals surface area contributed by atoms with Crippen LogP contribution in [0.3, 0.4) is 0 Å². The van der Waals surface area contributed by atoms with E-state index in [0.717, 1.165) is 0 Å². The second kappa shape index (κ2) is 9.43. The normalized spacial score (nSPS) is 13.4. The summed E-state index contributed by atoms with van der Waals surface area (Å²) in [6, 6.07) is 13.4. The highest BCUT2D eigenvalue weighted by molar-refractivity contribution is 6.34. The van der Waals surface area contributed by atoms with Gasteiger partial charge in [-0.1, -0.05) is 29.8 Å². The molecular weight excluding hydrogens is 410 g/mol. The summed E-state index contributed by atoms with van der Waals surface area (Å²) in [6.07, 6.45) is 0. The summed E-state index contributed by atoms with van der Waals surface area (Å²) in [5.74, 6) is -1.43. The average molecular weight is 430 g/mol. The monoisotopic (exact) mass is 429 g/mol. The van der Waals surface area contributed by atoms with Gasteiger partial charge in [-0.15, -0.1) is 0 Å². The molecule has 30 heavy (non-hydrogen) atoms. The van der Waals surface area contributed by atoms with Gasteiger partial charge >= 0.3 is 5.97 Å². The Bertz CT molecular complexity index is 1020. The summed E-state index contributed by atoms with van der Waals surface area (Å²) in [7, 11) is 1.23. The second-order valence-corrected chi connectivity index (χ2v) is 6.84. The van der Waals surface area contributed by atoms with Crippen LogP contribution in [0.25, 0.3) is 0 Å². The second-order valence-electron chi connectivity index (χ2n) is 6.44. The number of esters is 1. The largest absolute Gasteiger partial charge is 0.466 e. The van der Waals surface area contributed by atoms with Gasteiger partial charge in [0.15, 0.2) is 0 Å². The van der Waals surface area contributed by atoms with Crippen LogP contribution in [-0.4, -0.2) is 54.6 Å².